The Kier molecular flexibility index (Phi) is 6.79. The predicted octanol–water partition coefficient (Wildman–Crippen LogP) is 4.83. The molecule has 1 heterocycles. The number of nitrogens with zero attached hydrogens (tertiary/aromatic N) is 1. The topological polar surface area (TPSA) is 79.6 Å². The van der Waals surface area contributed by atoms with Gasteiger partial charge < -0.3 is 9.73 Å². The van der Waals surface area contributed by atoms with Gasteiger partial charge >= 0.3 is 0 Å². The van der Waals surface area contributed by atoms with Gasteiger partial charge in [0.2, 0.25) is 15.9 Å². The molecule has 0 saturated heterocycles. The maximum absolute atomic E-state index is 13.1. The van der Waals surface area contributed by atoms with E-state index in [0.29, 0.717) is 15.9 Å². The maximum atomic E-state index is 13.1. The highest BCUT2D eigenvalue weighted by molar-refractivity contribution is 9.10. The number of carbonyl (C=O) groups excluding carboxylic acids is 1. The van der Waals surface area contributed by atoms with E-state index in [4.69, 9.17) is 16.0 Å². The Morgan fingerprint density at radius 2 is 1.97 bits per heavy atom. The largest absolute Gasteiger partial charge is 0.468 e. The second-order valence-electron chi connectivity index (χ2n) is 6.34. The van der Waals surface area contributed by atoms with Crippen LogP contribution >= 0.6 is 27.5 Å². The Hall–Kier alpha value is -2.13. The molecule has 0 fully saturated rings. The van der Waals surface area contributed by atoms with Crippen LogP contribution in [0.15, 0.2) is 74.6 Å². The Morgan fingerprint density at radius 1 is 1.17 bits per heavy atom. The summed E-state index contributed by atoms with van der Waals surface area (Å²) in [5, 5.41) is 3.02. The van der Waals surface area contributed by atoms with Gasteiger partial charge in [-0.2, -0.15) is 4.31 Å². The molecule has 0 bridgehead atoms. The first-order valence-electron chi connectivity index (χ1n) is 8.60. The van der Waals surface area contributed by atoms with Gasteiger partial charge in [0.05, 0.1) is 29.9 Å². The lowest BCUT2D eigenvalue weighted by molar-refractivity contribution is -0.116. The lowest BCUT2D eigenvalue weighted by atomic mass is 10.2. The van der Waals surface area contributed by atoms with Crippen molar-refractivity contribution in [2.75, 3.05) is 11.9 Å². The quantitative estimate of drug-likeness (QED) is 0.507. The van der Waals surface area contributed by atoms with Crippen LogP contribution in [-0.4, -0.2) is 25.2 Å². The van der Waals surface area contributed by atoms with Crippen molar-refractivity contribution in [3.05, 3.63) is 81.7 Å². The number of aryl methyl sites for hydroxylation is 1. The van der Waals surface area contributed by atoms with E-state index < -0.39 is 22.5 Å². The molecule has 0 saturated carbocycles. The van der Waals surface area contributed by atoms with E-state index in [1.165, 1.54) is 18.4 Å². The lowest BCUT2D eigenvalue weighted by Crippen LogP contribution is -2.37. The van der Waals surface area contributed by atoms with E-state index in [2.05, 4.69) is 21.2 Å². The van der Waals surface area contributed by atoms with Gasteiger partial charge in [-0.1, -0.05) is 23.7 Å². The zero-order valence-electron chi connectivity index (χ0n) is 15.4. The van der Waals surface area contributed by atoms with E-state index in [-0.39, 0.29) is 16.5 Å². The number of rotatable bonds is 7. The molecule has 0 unspecified atom stereocenters. The molecule has 0 aliphatic rings. The fourth-order valence-electron chi connectivity index (χ4n) is 2.65. The molecular formula is C20H18BrClN2O4S. The minimum absolute atomic E-state index is 0.000808. The molecular weight excluding hydrogens is 480 g/mol. The third-order valence-corrected chi connectivity index (χ3v) is 6.74. The van der Waals surface area contributed by atoms with Crippen LogP contribution in [-0.2, 0) is 21.4 Å². The summed E-state index contributed by atoms with van der Waals surface area (Å²) in [5.41, 5.74) is 1.58. The molecule has 0 atom stereocenters. The van der Waals surface area contributed by atoms with Crippen LogP contribution in [0.2, 0.25) is 5.02 Å². The number of benzene rings is 2. The molecule has 6 nitrogen and oxygen atoms in total. The van der Waals surface area contributed by atoms with Crippen LogP contribution in [0.25, 0.3) is 0 Å². The summed E-state index contributed by atoms with van der Waals surface area (Å²) >= 11 is 9.35. The number of nitrogens with one attached hydrogen (secondary N) is 1. The molecule has 1 amide bonds. The van der Waals surface area contributed by atoms with E-state index in [1.54, 1.807) is 30.3 Å². The van der Waals surface area contributed by atoms with E-state index in [1.807, 2.05) is 19.1 Å². The summed E-state index contributed by atoms with van der Waals surface area (Å²) in [5.74, 6) is -0.0633. The maximum Gasteiger partial charge on any atom is 0.244 e. The molecule has 29 heavy (non-hydrogen) atoms. The summed E-state index contributed by atoms with van der Waals surface area (Å²) < 4.78 is 33.3. The van der Waals surface area contributed by atoms with Crippen LogP contribution in [0.5, 0.6) is 0 Å². The predicted molar refractivity (Wildman–Crippen MR) is 115 cm³/mol. The van der Waals surface area contributed by atoms with Crippen molar-refractivity contribution in [2.45, 2.75) is 18.4 Å². The normalized spacial score (nSPS) is 11.6. The molecule has 9 heteroatoms. The first-order valence-corrected chi connectivity index (χ1v) is 11.2. The van der Waals surface area contributed by atoms with Crippen LogP contribution in [0.3, 0.4) is 0 Å². The Labute approximate surface area is 182 Å². The highest BCUT2D eigenvalue weighted by Crippen LogP contribution is 2.25. The SMILES string of the molecule is Cc1ccc(NC(=O)CN(Cc2ccco2)S(=O)(=O)c2cccc(Cl)c2)c(Br)c1. The summed E-state index contributed by atoms with van der Waals surface area (Å²) in [6.45, 7) is 1.44. The molecule has 1 aromatic heterocycles. The van der Waals surface area contributed by atoms with Crippen LogP contribution in [0.1, 0.15) is 11.3 Å². The van der Waals surface area contributed by atoms with Crippen molar-refractivity contribution in [2.24, 2.45) is 0 Å². The van der Waals surface area contributed by atoms with Crippen molar-refractivity contribution in [3.8, 4) is 0 Å². The molecule has 0 radical (unpaired) electrons. The summed E-state index contributed by atoms with van der Waals surface area (Å²) in [6.07, 6.45) is 1.45. The zero-order valence-corrected chi connectivity index (χ0v) is 18.6. The third kappa shape index (κ3) is 5.48. The van der Waals surface area contributed by atoms with Crippen LogP contribution in [0, 0.1) is 6.92 Å². The van der Waals surface area contributed by atoms with Crippen LogP contribution < -0.4 is 5.32 Å². The minimum Gasteiger partial charge on any atom is -0.468 e. The summed E-state index contributed by atoms with van der Waals surface area (Å²) in [7, 11) is -3.99. The van der Waals surface area contributed by atoms with Gasteiger partial charge in [0.25, 0.3) is 0 Å². The first kappa shape index (κ1) is 21.6. The van der Waals surface area contributed by atoms with Crippen molar-refractivity contribution < 1.29 is 17.6 Å². The third-order valence-electron chi connectivity index (χ3n) is 4.06. The Balaban J connectivity index is 1.86. The van der Waals surface area contributed by atoms with Gasteiger partial charge in [0.1, 0.15) is 5.76 Å². The van der Waals surface area contributed by atoms with E-state index >= 15 is 0 Å². The second kappa shape index (κ2) is 9.13. The van der Waals surface area contributed by atoms with Crippen molar-refractivity contribution in [1.29, 1.82) is 0 Å². The lowest BCUT2D eigenvalue weighted by Gasteiger charge is -2.21. The number of sulfonamides is 1. The molecule has 0 aliphatic heterocycles. The van der Waals surface area contributed by atoms with E-state index in [0.717, 1.165) is 9.87 Å². The summed E-state index contributed by atoms with van der Waals surface area (Å²) in [6, 6.07) is 14.7. The van der Waals surface area contributed by atoms with Gasteiger partial charge in [-0.15, -0.1) is 0 Å². The van der Waals surface area contributed by atoms with Gasteiger partial charge in [-0.25, -0.2) is 8.42 Å². The number of amides is 1. The fourth-order valence-corrected chi connectivity index (χ4v) is 4.91. The molecule has 0 aliphatic carbocycles. The number of anilines is 1. The Morgan fingerprint density at radius 3 is 2.62 bits per heavy atom. The molecule has 3 rings (SSSR count). The Bertz CT molecular complexity index is 1120. The van der Waals surface area contributed by atoms with Gasteiger partial charge in [-0.05, 0) is 70.9 Å². The molecule has 0 spiro atoms. The summed E-state index contributed by atoms with van der Waals surface area (Å²) in [4.78, 5) is 12.6. The monoisotopic (exact) mass is 496 g/mol. The number of hydrogen-bond acceptors (Lipinski definition) is 4. The average molecular weight is 498 g/mol. The number of halogens is 2. The molecule has 152 valence electrons. The van der Waals surface area contributed by atoms with Gasteiger partial charge in [-0.3, -0.25) is 4.79 Å². The van der Waals surface area contributed by atoms with Crippen molar-refractivity contribution in [1.82, 2.24) is 4.31 Å². The van der Waals surface area contributed by atoms with Gasteiger partial charge in [0, 0.05) is 9.50 Å². The van der Waals surface area contributed by atoms with E-state index in [9.17, 15) is 13.2 Å². The highest BCUT2D eigenvalue weighted by atomic mass is 79.9. The molecule has 1 N–H and O–H groups in total. The van der Waals surface area contributed by atoms with Crippen LogP contribution in [0.4, 0.5) is 5.69 Å². The van der Waals surface area contributed by atoms with Crippen molar-refractivity contribution >= 4 is 49.1 Å². The van der Waals surface area contributed by atoms with Crippen molar-refractivity contribution in [3.63, 3.8) is 0 Å². The number of furan rings is 1. The minimum atomic E-state index is -3.99. The fraction of sp³-hybridized carbons (Fsp3) is 0.150. The number of carbonyl (C=O) groups is 1. The molecule has 2 aromatic carbocycles. The zero-order chi connectivity index (χ0) is 21.0. The average Bonchev–Trinajstić information content (AvgIpc) is 3.17. The molecule has 3 aromatic rings. The smallest absolute Gasteiger partial charge is 0.244 e. The number of hydrogen-bond donors (Lipinski definition) is 1. The first-order chi connectivity index (χ1) is 13.8. The standard InChI is InChI=1S/C20H18BrClN2O4S/c1-14-7-8-19(18(21)10-14)23-20(25)13-24(12-16-5-3-9-28-16)29(26,27)17-6-2-4-15(22)11-17/h2-11H,12-13H2,1H3,(H,23,25). The van der Waals surface area contributed by atoms with Gasteiger partial charge in [0.15, 0.2) is 0 Å². The highest BCUT2D eigenvalue weighted by Gasteiger charge is 2.28. The second-order valence-corrected chi connectivity index (χ2v) is 9.57.